The van der Waals surface area contributed by atoms with E-state index in [1.54, 1.807) is 6.92 Å². The number of nitrogens with zero attached hydrogens (tertiary/aromatic N) is 3. The van der Waals surface area contributed by atoms with Gasteiger partial charge in [-0.2, -0.15) is 4.98 Å². The van der Waals surface area contributed by atoms with E-state index in [1.807, 2.05) is 0 Å². The summed E-state index contributed by atoms with van der Waals surface area (Å²) in [5.74, 6) is 2.01. The summed E-state index contributed by atoms with van der Waals surface area (Å²) in [5, 5.41) is 13.3. The molecule has 1 saturated heterocycles. The molecular weight excluding hydrogens is 230 g/mol. The van der Waals surface area contributed by atoms with Crippen molar-refractivity contribution in [3.05, 3.63) is 11.7 Å². The zero-order valence-electron chi connectivity index (χ0n) is 11.3. The van der Waals surface area contributed by atoms with Crippen molar-refractivity contribution in [2.45, 2.75) is 45.6 Å². The molecule has 1 fully saturated rings. The molecule has 0 aliphatic carbocycles. The predicted molar refractivity (Wildman–Crippen MR) is 68.2 cm³/mol. The molecule has 5 nitrogen and oxygen atoms in total. The first-order chi connectivity index (χ1) is 8.67. The SMILES string of the molecule is CCN1CCC(Cc2noc(CC(C)O)n2)CC1. The molecule has 1 atom stereocenters. The molecule has 5 heteroatoms. The highest BCUT2D eigenvalue weighted by molar-refractivity contribution is 4.90. The number of piperidine rings is 1. The van der Waals surface area contributed by atoms with Crippen molar-refractivity contribution in [2.24, 2.45) is 5.92 Å². The molecule has 2 heterocycles. The van der Waals surface area contributed by atoms with Gasteiger partial charge < -0.3 is 14.5 Å². The highest BCUT2D eigenvalue weighted by Gasteiger charge is 2.20. The summed E-state index contributed by atoms with van der Waals surface area (Å²) in [6.45, 7) is 7.44. The number of aromatic nitrogens is 2. The van der Waals surface area contributed by atoms with Crippen LogP contribution in [0.2, 0.25) is 0 Å². The Labute approximate surface area is 108 Å². The third-order valence-electron chi connectivity index (χ3n) is 3.61. The Morgan fingerprint density at radius 1 is 1.44 bits per heavy atom. The molecule has 0 spiro atoms. The number of hydrogen-bond donors (Lipinski definition) is 1. The van der Waals surface area contributed by atoms with Crippen molar-refractivity contribution in [2.75, 3.05) is 19.6 Å². The quantitative estimate of drug-likeness (QED) is 0.856. The van der Waals surface area contributed by atoms with E-state index < -0.39 is 6.10 Å². The topological polar surface area (TPSA) is 62.4 Å². The normalized spacial score (nSPS) is 20.2. The van der Waals surface area contributed by atoms with Crippen LogP contribution < -0.4 is 0 Å². The van der Waals surface area contributed by atoms with E-state index in [0.717, 1.165) is 18.8 Å². The van der Waals surface area contributed by atoms with Crippen LogP contribution in [-0.4, -0.2) is 45.9 Å². The van der Waals surface area contributed by atoms with Crippen LogP contribution in [-0.2, 0) is 12.8 Å². The second-order valence-electron chi connectivity index (χ2n) is 5.24. The highest BCUT2D eigenvalue weighted by atomic mass is 16.5. The molecule has 18 heavy (non-hydrogen) atoms. The van der Waals surface area contributed by atoms with Gasteiger partial charge in [-0.15, -0.1) is 0 Å². The lowest BCUT2D eigenvalue weighted by atomic mass is 9.93. The lowest BCUT2D eigenvalue weighted by Gasteiger charge is -2.30. The van der Waals surface area contributed by atoms with Crippen molar-refractivity contribution in [3.8, 4) is 0 Å². The van der Waals surface area contributed by atoms with Crippen LogP contribution in [0.5, 0.6) is 0 Å². The van der Waals surface area contributed by atoms with Gasteiger partial charge in [-0.3, -0.25) is 0 Å². The molecule has 0 bridgehead atoms. The summed E-state index contributed by atoms with van der Waals surface area (Å²) in [5.41, 5.74) is 0. The van der Waals surface area contributed by atoms with Crippen LogP contribution in [0.15, 0.2) is 4.52 Å². The van der Waals surface area contributed by atoms with Gasteiger partial charge in [0, 0.05) is 6.42 Å². The maximum atomic E-state index is 9.26. The van der Waals surface area contributed by atoms with Crippen molar-refractivity contribution < 1.29 is 9.63 Å². The minimum absolute atomic E-state index is 0.425. The standard InChI is InChI=1S/C13H23N3O2/c1-3-16-6-4-11(5-7-16)9-12-14-13(18-15-12)8-10(2)17/h10-11,17H,3-9H2,1-2H3. The number of likely N-dealkylation sites (tertiary alicyclic amines) is 1. The summed E-state index contributed by atoms with van der Waals surface area (Å²) in [6.07, 6.45) is 3.36. The molecule has 1 aromatic rings. The molecule has 0 radical (unpaired) electrons. The average Bonchev–Trinajstić information content (AvgIpc) is 2.76. The minimum atomic E-state index is -0.425. The van der Waals surface area contributed by atoms with E-state index in [9.17, 15) is 5.11 Å². The third-order valence-corrected chi connectivity index (χ3v) is 3.61. The first kappa shape index (κ1) is 13.5. The fraction of sp³-hybridized carbons (Fsp3) is 0.846. The molecule has 1 N–H and O–H groups in total. The Morgan fingerprint density at radius 2 is 2.17 bits per heavy atom. The first-order valence-corrected chi connectivity index (χ1v) is 6.89. The smallest absolute Gasteiger partial charge is 0.229 e. The summed E-state index contributed by atoms with van der Waals surface area (Å²) in [6, 6.07) is 0. The summed E-state index contributed by atoms with van der Waals surface area (Å²) < 4.78 is 5.13. The summed E-state index contributed by atoms with van der Waals surface area (Å²) in [4.78, 5) is 6.81. The number of aliphatic hydroxyl groups is 1. The molecule has 0 aromatic carbocycles. The van der Waals surface area contributed by atoms with Gasteiger partial charge in [-0.25, -0.2) is 0 Å². The fourth-order valence-corrected chi connectivity index (χ4v) is 2.47. The molecule has 0 amide bonds. The van der Waals surface area contributed by atoms with Gasteiger partial charge in [0.1, 0.15) is 0 Å². The van der Waals surface area contributed by atoms with Crippen molar-refractivity contribution in [3.63, 3.8) is 0 Å². The van der Waals surface area contributed by atoms with Gasteiger partial charge in [0.25, 0.3) is 0 Å². The average molecular weight is 253 g/mol. The second-order valence-corrected chi connectivity index (χ2v) is 5.24. The van der Waals surface area contributed by atoms with E-state index in [0.29, 0.717) is 18.2 Å². The Balaban J connectivity index is 1.81. The zero-order valence-corrected chi connectivity index (χ0v) is 11.3. The third kappa shape index (κ3) is 3.78. The maximum absolute atomic E-state index is 9.26. The first-order valence-electron chi connectivity index (χ1n) is 6.89. The largest absolute Gasteiger partial charge is 0.393 e. The van der Waals surface area contributed by atoms with Gasteiger partial charge in [-0.05, 0) is 45.3 Å². The molecule has 0 saturated carbocycles. The van der Waals surface area contributed by atoms with Gasteiger partial charge in [0.15, 0.2) is 5.82 Å². The molecule has 102 valence electrons. The molecule has 2 rings (SSSR count). The van der Waals surface area contributed by atoms with Crippen LogP contribution >= 0.6 is 0 Å². The van der Waals surface area contributed by atoms with Crippen LogP contribution in [0.4, 0.5) is 0 Å². The molecular formula is C13H23N3O2. The van der Waals surface area contributed by atoms with E-state index in [-0.39, 0.29) is 0 Å². The van der Waals surface area contributed by atoms with Crippen molar-refractivity contribution in [1.82, 2.24) is 15.0 Å². The highest BCUT2D eigenvalue weighted by Crippen LogP contribution is 2.20. The van der Waals surface area contributed by atoms with Gasteiger partial charge >= 0.3 is 0 Å². The number of hydrogen-bond acceptors (Lipinski definition) is 5. The number of rotatable bonds is 5. The minimum Gasteiger partial charge on any atom is -0.393 e. The fourth-order valence-electron chi connectivity index (χ4n) is 2.47. The Hall–Kier alpha value is -0.940. The molecule has 1 aliphatic rings. The van der Waals surface area contributed by atoms with E-state index in [2.05, 4.69) is 22.0 Å². The second kappa shape index (κ2) is 6.29. The van der Waals surface area contributed by atoms with E-state index in [1.165, 1.54) is 25.9 Å². The van der Waals surface area contributed by atoms with E-state index in [4.69, 9.17) is 4.52 Å². The predicted octanol–water partition coefficient (Wildman–Crippen LogP) is 1.27. The van der Waals surface area contributed by atoms with Crippen LogP contribution in [0.3, 0.4) is 0 Å². The van der Waals surface area contributed by atoms with Crippen LogP contribution in [0, 0.1) is 5.92 Å². The lowest BCUT2D eigenvalue weighted by Crippen LogP contribution is -2.34. The molecule has 1 aromatic heterocycles. The van der Waals surface area contributed by atoms with Crippen LogP contribution in [0.25, 0.3) is 0 Å². The van der Waals surface area contributed by atoms with Gasteiger partial charge in [0.2, 0.25) is 5.89 Å². The summed E-state index contributed by atoms with van der Waals surface area (Å²) >= 11 is 0. The maximum Gasteiger partial charge on any atom is 0.229 e. The zero-order chi connectivity index (χ0) is 13.0. The van der Waals surface area contributed by atoms with Crippen molar-refractivity contribution >= 4 is 0 Å². The van der Waals surface area contributed by atoms with Gasteiger partial charge in [0.05, 0.1) is 12.5 Å². The Morgan fingerprint density at radius 3 is 2.78 bits per heavy atom. The molecule has 1 aliphatic heterocycles. The Kier molecular flexibility index (Phi) is 4.72. The Bertz CT molecular complexity index is 357. The van der Waals surface area contributed by atoms with Crippen molar-refractivity contribution in [1.29, 1.82) is 0 Å². The number of aliphatic hydroxyl groups excluding tert-OH is 1. The molecule has 1 unspecified atom stereocenters. The van der Waals surface area contributed by atoms with Gasteiger partial charge in [-0.1, -0.05) is 12.1 Å². The van der Waals surface area contributed by atoms with Crippen LogP contribution in [0.1, 0.15) is 38.4 Å². The lowest BCUT2D eigenvalue weighted by molar-refractivity contribution is 0.180. The monoisotopic (exact) mass is 253 g/mol. The van der Waals surface area contributed by atoms with E-state index >= 15 is 0 Å². The summed E-state index contributed by atoms with van der Waals surface area (Å²) in [7, 11) is 0.